The van der Waals surface area contributed by atoms with Gasteiger partial charge in [0.15, 0.2) is 0 Å². The Morgan fingerprint density at radius 3 is 2.35 bits per heavy atom. The second-order valence-corrected chi connectivity index (χ2v) is 5.82. The number of aryl methyl sites for hydroxylation is 2. The highest BCUT2D eigenvalue weighted by Gasteiger charge is 2.11. The zero-order valence-corrected chi connectivity index (χ0v) is 14.8. The molecule has 0 bridgehead atoms. The summed E-state index contributed by atoms with van der Waals surface area (Å²) in [6.45, 7) is 10.5. The third kappa shape index (κ3) is 4.68. The van der Waals surface area contributed by atoms with Crippen molar-refractivity contribution in [1.29, 1.82) is 0 Å². The molecule has 0 amide bonds. The lowest BCUT2D eigenvalue weighted by Crippen LogP contribution is -2.27. The number of hydrogen-bond acceptors (Lipinski definition) is 4. The first kappa shape index (κ1) is 17.3. The molecule has 4 nitrogen and oxygen atoms in total. The SMILES string of the molecule is CCCN(CCC)c1nc(C)cc(Nc2ccccc2CC)n1. The second-order valence-electron chi connectivity index (χ2n) is 5.82. The van der Waals surface area contributed by atoms with Crippen LogP contribution in [-0.2, 0) is 6.42 Å². The van der Waals surface area contributed by atoms with Gasteiger partial charge in [-0.15, -0.1) is 0 Å². The minimum atomic E-state index is 0.824. The van der Waals surface area contributed by atoms with E-state index in [9.17, 15) is 0 Å². The fraction of sp³-hybridized carbons (Fsp3) is 0.474. The summed E-state index contributed by atoms with van der Waals surface area (Å²) in [5, 5.41) is 3.47. The molecule has 0 aliphatic carbocycles. The molecule has 1 heterocycles. The van der Waals surface area contributed by atoms with Gasteiger partial charge in [-0.05, 0) is 37.8 Å². The van der Waals surface area contributed by atoms with Crippen molar-refractivity contribution >= 4 is 17.5 Å². The molecule has 0 saturated carbocycles. The second kappa shape index (κ2) is 8.51. The molecule has 2 rings (SSSR count). The Morgan fingerprint density at radius 1 is 1.00 bits per heavy atom. The Balaban J connectivity index is 2.29. The normalized spacial score (nSPS) is 10.6. The zero-order valence-electron chi connectivity index (χ0n) is 14.8. The maximum Gasteiger partial charge on any atom is 0.227 e. The van der Waals surface area contributed by atoms with Crippen LogP contribution in [-0.4, -0.2) is 23.1 Å². The fourth-order valence-corrected chi connectivity index (χ4v) is 2.70. The van der Waals surface area contributed by atoms with Crippen LogP contribution in [0.15, 0.2) is 30.3 Å². The molecule has 4 heteroatoms. The summed E-state index contributed by atoms with van der Waals surface area (Å²) >= 11 is 0. The van der Waals surface area contributed by atoms with Crippen molar-refractivity contribution in [2.24, 2.45) is 0 Å². The molecule has 1 N–H and O–H groups in total. The molecule has 0 radical (unpaired) electrons. The van der Waals surface area contributed by atoms with E-state index >= 15 is 0 Å². The summed E-state index contributed by atoms with van der Waals surface area (Å²) in [5.41, 5.74) is 3.41. The number of nitrogens with zero attached hydrogens (tertiary/aromatic N) is 3. The van der Waals surface area contributed by atoms with E-state index in [1.54, 1.807) is 0 Å². The van der Waals surface area contributed by atoms with E-state index < -0.39 is 0 Å². The van der Waals surface area contributed by atoms with E-state index in [2.05, 4.69) is 60.2 Å². The van der Waals surface area contributed by atoms with Gasteiger partial charge in [0.25, 0.3) is 0 Å². The molecule has 124 valence electrons. The number of aromatic nitrogens is 2. The Kier molecular flexibility index (Phi) is 6.39. The highest BCUT2D eigenvalue weighted by Crippen LogP contribution is 2.22. The largest absolute Gasteiger partial charge is 0.341 e. The van der Waals surface area contributed by atoms with Crippen LogP contribution in [0.4, 0.5) is 17.5 Å². The first-order valence-electron chi connectivity index (χ1n) is 8.63. The van der Waals surface area contributed by atoms with Crippen molar-refractivity contribution in [3.05, 3.63) is 41.6 Å². The van der Waals surface area contributed by atoms with Gasteiger partial charge in [0, 0.05) is 30.5 Å². The van der Waals surface area contributed by atoms with Gasteiger partial charge in [-0.25, -0.2) is 4.98 Å². The predicted molar refractivity (Wildman–Crippen MR) is 98.7 cm³/mol. The Labute approximate surface area is 140 Å². The monoisotopic (exact) mass is 312 g/mol. The standard InChI is InChI=1S/C19H28N4/c1-5-12-23(13-6-2)19-20-15(4)14-18(22-19)21-17-11-9-8-10-16(17)7-3/h8-11,14H,5-7,12-13H2,1-4H3,(H,20,21,22). The minimum absolute atomic E-state index is 0.824. The molecule has 1 aromatic heterocycles. The molecule has 0 spiro atoms. The summed E-state index contributed by atoms with van der Waals surface area (Å²) in [4.78, 5) is 11.6. The van der Waals surface area contributed by atoms with Crippen molar-refractivity contribution in [2.75, 3.05) is 23.3 Å². The van der Waals surface area contributed by atoms with E-state index in [-0.39, 0.29) is 0 Å². The summed E-state index contributed by atoms with van der Waals surface area (Å²) in [6, 6.07) is 10.4. The molecule has 2 aromatic rings. The maximum absolute atomic E-state index is 4.75. The quantitative estimate of drug-likeness (QED) is 0.766. The number of hydrogen-bond donors (Lipinski definition) is 1. The molecule has 0 unspecified atom stereocenters. The molecule has 23 heavy (non-hydrogen) atoms. The van der Waals surface area contributed by atoms with E-state index in [1.165, 1.54) is 5.56 Å². The van der Waals surface area contributed by atoms with Crippen LogP contribution < -0.4 is 10.2 Å². The van der Waals surface area contributed by atoms with Crippen molar-refractivity contribution in [1.82, 2.24) is 9.97 Å². The predicted octanol–water partition coefficient (Wildman–Crippen LogP) is 4.72. The van der Waals surface area contributed by atoms with Crippen molar-refractivity contribution in [3.8, 4) is 0 Å². The number of anilines is 3. The zero-order chi connectivity index (χ0) is 16.7. The summed E-state index contributed by atoms with van der Waals surface area (Å²) < 4.78 is 0. The highest BCUT2D eigenvalue weighted by atomic mass is 15.3. The van der Waals surface area contributed by atoms with Gasteiger partial charge < -0.3 is 10.2 Å². The van der Waals surface area contributed by atoms with Crippen LogP contribution in [0.3, 0.4) is 0 Å². The Bertz CT molecular complexity index is 619. The van der Waals surface area contributed by atoms with Crippen molar-refractivity contribution in [3.63, 3.8) is 0 Å². The van der Waals surface area contributed by atoms with E-state index in [4.69, 9.17) is 4.98 Å². The van der Waals surface area contributed by atoms with Crippen LogP contribution in [0.2, 0.25) is 0 Å². The van der Waals surface area contributed by atoms with Gasteiger partial charge in [0.2, 0.25) is 5.95 Å². The first-order chi connectivity index (χ1) is 11.2. The summed E-state index contributed by atoms with van der Waals surface area (Å²) in [5.74, 6) is 1.69. The smallest absolute Gasteiger partial charge is 0.227 e. The van der Waals surface area contributed by atoms with Gasteiger partial charge in [0.05, 0.1) is 0 Å². The maximum atomic E-state index is 4.75. The van der Waals surface area contributed by atoms with Crippen LogP contribution in [0.5, 0.6) is 0 Å². The summed E-state index contributed by atoms with van der Waals surface area (Å²) in [7, 11) is 0. The summed E-state index contributed by atoms with van der Waals surface area (Å²) in [6.07, 6.45) is 3.19. The van der Waals surface area contributed by atoms with Gasteiger partial charge in [-0.3, -0.25) is 0 Å². The first-order valence-corrected chi connectivity index (χ1v) is 8.63. The van der Waals surface area contributed by atoms with Crippen molar-refractivity contribution < 1.29 is 0 Å². The van der Waals surface area contributed by atoms with Gasteiger partial charge in [-0.2, -0.15) is 4.98 Å². The average molecular weight is 312 g/mol. The fourth-order valence-electron chi connectivity index (χ4n) is 2.70. The van der Waals surface area contributed by atoms with Crippen LogP contribution in [0.25, 0.3) is 0 Å². The van der Waals surface area contributed by atoms with Crippen LogP contribution in [0.1, 0.15) is 44.9 Å². The molecular weight excluding hydrogens is 284 g/mol. The lowest BCUT2D eigenvalue weighted by atomic mass is 10.1. The van der Waals surface area contributed by atoms with Crippen molar-refractivity contribution in [2.45, 2.75) is 47.0 Å². The third-order valence-electron chi connectivity index (χ3n) is 3.77. The number of rotatable bonds is 8. The number of benzene rings is 1. The molecular formula is C19H28N4. The topological polar surface area (TPSA) is 41.1 Å². The molecule has 0 aliphatic heterocycles. The number of para-hydroxylation sites is 1. The molecule has 1 aromatic carbocycles. The van der Waals surface area contributed by atoms with E-state index in [1.807, 2.05) is 13.0 Å². The molecule has 0 atom stereocenters. The van der Waals surface area contributed by atoms with Crippen LogP contribution in [0, 0.1) is 6.92 Å². The van der Waals surface area contributed by atoms with E-state index in [0.717, 1.165) is 55.5 Å². The van der Waals surface area contributed by atoms with Gasteiger partial charge in [-0.1, -0.05) is 39.0 Å². The Morgan fingerprint density at radius 2 is 1.70 bits per heavy atom. The van der Waals surface area contributed by atoms with Gasteiger partial charge in [0.1, 0.15) is 5.82 Å². The minimum Gasteiger partial charge on any atom is -0.341 e. The van der Waals surface area contributed by atoms with E-state index in [0.29, 0.717) is 0 Å². The average Bonchev–Trinajstić information content (AvgIpc) is 2.54. The lowest BCUT2D eigenvalue weighted by molar-refractivity contribution is 0.720. The lowest BCUT2D eigenvalue weighted by Gasteiger charge is -2.22. The number of nitrogens with one attached hydrogen (secondary N) is 1. The highest BCUT2D eigenvalue weighted by molar-refractivity contribution is 5.61. The molecule has 0 fully saturated rings. The molecule has 0 aliphatic rings. The third-order valence-corrected chi connectivity index (χ3v) is 3.77. The van der Waals surface area contributed by atoms with Gasteiger partial charge >= 0.3 is 0 Å². The van der Waals surface area contributed by atoms with Crippen LogP contribution >= 0.6 is 0 Å². The Hall–Kier alpha value is -2.10. The molecule has 0 saturated heterocycles.